The first-order valence-corrected chi connectivity index (χ1v) is 6.34. The van der Waals surface area contributed by atoms with Crippen molar-refractivity contribution in [3.8, 4) is 0 Å². The third-order valence-corrected chi connectivity index (χ3v) is 1.94. The second kappa shape index (κ2) is 11.7. The maximum Gasteiger partial charge on any atom is 0.305 e. The highest BCUT2D eigenvalue weighted by Crippen LogP contribution is 1.85. The van der Waals surface area contributed by atoms with Crippen molar-refractivity contribution in [1.29, 1.82) is 0 Å². The third-order valence-electron chi connectivity index (χ3n) is 1.94. The normalized spacial score (nSPS) is 9.67. The van der Waals surface area contributed by atoms with E-state index in [1.54, 1.807) is 6.08 Å². The Hall–Kier alpha value is -1.77. The maximum absolute atomic E-state index is 10.4. The Morgan fingerprint density at radius 1 is 1.39 bits per heavy atom. The van der Waals surface area contributed by atoms with Crippen LogP contribution in [-0.4, -0.2) is 15.6 Å². The van der Waals surface area contributed by atoms with Gasteiger partial charge in [-0.2, -0.15) is 0 Å². The van der Waals surface area contributed by atoms with E-state index in [1.165, 1.54) is 0 Å². The van der Waals surface area contributed by atoms with Crippen LogP contribution in [0.2, 0.25) is 0 Å². The monoisotopic (exact) mass is 251 g/mol. The van der Waals surface area contributed by atoms with Crippen LogP contribution >= 0.6 is 0 Å². The standard InChI is InChI=1S/C11H13NO2.2C2H6/c1-3-4-10-9(2)5-7-12(10)8-6-11(13)14;2*1-2/h3-5,7H,1-2,6,8H2,(H,13,14);2*1-2H3/b10-4+;;. The van der Waals surface area contributed by atoms with Crippen LogP contribution in [0.3, 0.4) is 0 Å². The summed E-state index contributed by atoms with van der Waals surface area (Å²) in [5.41, 5.74) is 0. The van der Waals surface area contributed by atoms with Crippen molar-refractivity contribution in [2.24, 2.45) is 0 Å². The van der Waals surface area contributed by atoms with Gasteiger partial charge in [-0.15, -0.1) is 0 Å². The molecule has 0 saturated carbocycles. The van der Waals surface area contributed by atoms with Gasteiger partial charge in [-0.1, -0.05) is 46.9 Å². The maximum atomic E-state index is 10.4. The highest BCUT2D eigenvalue weighted by atomic mass is 16.4. The van der Waals surface area contributed by atoms with E-state index in [1.807, 2.05) is 50.6 Å². The summed E-state index contributed by atoms with van der Waals surface area (Å²) in [6, 6.07) is 1.86. The molecule has 0 unspecified atom stereocenters. The summed E-state index contributed by atoms with van der Waals surface area (Å²) >= 11 is 0. The molecular formula is C15H25NO2. The van der Waals surface area contributed by atoms with Crippen LogP contribution < -0.4 is 10.6 Å². The smallest absolute Gasteiger partial charge is 0.305 e. The molecule has 0 aliphatic carbocycles. The van der Waals surface area contributed by atoms with E-state index in [9.17, 15) is 4.79 Å². The van der Waals surface area contributed by atoms with Crippen LogP contribution in [0.5, 0.6) is 0 Å². The number of carboxylic acid groups (broad SMARTS) is 1. The number of carbonyl (C=O) groups is 1. The highest BCUT2D eigenvalue weighted by molar-refractivity contribution is 5.66. The molecule has 0 amide bonds. The Balaban J connectivity index is 0. The number of hydrogen-bond acceptors (Lipinski definition) is 1. The Bertz CT molecular complexity index is 444. The molecule has 1 rings (SSSR count). The largest absolute Gasteiger partial charge is 0.481 e. The molecular weight excluding hydrogens is 226 g/mol. The first kappa shape index (κ1) is 18.6. The van der Waals surface area contributed by atoms with Gasteiger partial charge >= 0.3 is 5.97 Å². The predicted molar refractivity (Wildman–Crippen MR) is 78.8 cm³/mol. The number of nitrogens with zero attached hydrogens (tertiary/aromatic N) is 1. The molecule has 102 valence electrons. The molecule has 1 aromatic heterocycles. The van der Waals surface area contributed by atoms with E-state index in [0.29, 0.717) is 6.54 Å². The summed E-state index contributed by atoms with van der Waals surface area (Å²) in [4.78, 5) is 10.4. The second-order valence-electron chi connectivity index (χ2n) is 2.97. The summed E-state index contributed by atoms with van der Waals surface area (Å²) < 4.78 is 1.86. The lowest BCUT2D eigenvalue weighted by Gasteiger charge is -1.99. The Kier molecular flexibility index (Phi) is 12.1. The molecule has 0 aliphatic rings. The fourth-order valence-corrected chi connectivity index (χ4v) is 1.26. The van der Waals surface area contributed by atoms with E-state index < -0.39 is 5.97 Å². The fourth-order valence-electron chi connectivity index (χ4n) is 1.26. The van der Waals surface area contributed by atoms with Gasteiger partial charge in [-0.25, -0.2) is 0 Å². The number of aliphatic carboxylic acids is 1. The minimum atomic E-state index is -0.797. The molecule has 3 nitrogen and oxygen atoms in total. The lowest BCUT2D eigenvalue weighted by atomic mass is 10.4. The molecule has 1 heterocycles. The number of aromatic nitrogens is 1. The van der Waals surface area contributed by atoms with Gasteiger partial charge in [0.1, 0.15) is 0 Å². The summed E-state index contributed by atoms with van der Waals surface area (Å²) in [6.07, 6.45) is 5.44. The van der Waals surface area contributed by atoms with E-state index in [4.69, 9.17) is 5.11 Å². The van der Waals surface area contributed by atoms with Crippen LogP contribution in [0.1, 0.15) is 34.1 Å². The van der Waals surface area contributed by atoms with Crippen molar-refractivity contribution >= 4 is 18.6 Å². The molecule has 1 aromatic rings. The quantitative estimate of drug-likeness (QED) is 0.893. The van der Waals surface area contributed by atoms with Crippen molar-refractivity contribution in [3.05, 3.63) is 35.5 Å². The number of aryl methyl sites for hydroxylation is 1. The highest BCUT2D eigenvalue weighted by Gasteiger charge is 1.98. The zero-order valence-electron chi connectivity index (χ0n) is 11.9. The van der Waals surface area contributed by atoms with Gasteiger partial charge in [0.05, 0.1) is 6.42 Å². The van der Waals surface area contributed by atoms with Gasteiger partial charge in [0.15, 0.2) is 0 Å². The second-order valence-corrected chi connectivity index (χ2v) is 2.97. The van der Waals surface area contributed by atoms with Crippen LogP contribution in [0.4, 0.5) is 0 Å². The third kappa shape index (κ3) is 6.74. The topological polar surface area (TPSA) is 42.2 Å². The molecule has 0 bridgehead atoms. The van der Waals surface area contributed by atoms with Crippen LogP contribution in [-0.2, 0) is 11.3 Å². The van der Waals surface area contributed by atoms with Crippen molar-refractivity contribution in [1.82, 2.24) is 4.57 Å². The lowest BCUT2D eigenvalue weighted by molar-refractivity contribution is -0.137. The summed E-state index contributed by atoms with van der Waals surface area (Å²) in [6.45, 7) is 15.9. The van der Waals surface area contributed by atoms with Gasteiger partial charge in [0.25, 0.3) is 0 Å². The fraction of sp³-hybridized carbons (Fsp3) is 0.400. The summed E-state index contributed by atoms with van der Waals surface area (Å²) in [5.74, 6) is -0.797. The van der Waals surface area contributed by atoms with E-state index in [0.717, 1.165) is 10.6 Å². The first-order chi connectivity index (χ1) is 8.65. The summed E-state index contributed by atoms with van der Waals surface area (Å²) in [7, 11) is 0. The molecule has 1 N–H and O–H groups in total. The number of carboxylic acids is 1. The lowest BCUT2D eigenvalue weighted by Crippen LogP contribution is -2.28. The molecule has 0 aliphatic heterocycles. The molecule has 3 heteroatoms. The van der Waals surface area contributed by atoms with Gasteiger partial charge in [-0.05, 0) is 17.4 Å². The minimum Gasteiger partial charge on any atom is -0.481 e. The average molecular weight is 251 g/mol. The molecule has 0 saturated heterocycles. The van der Waals surface area contributed by atoms with Gasteiger partial charge in [-0.3, -0.25) is 4.79 Å². The number of hydrogen-bond donors (Lipinski definition) is 1. The minimum absolute atomic E-state index is 0.117. The molecule has 0 spiro atoms. The molecule has 0 radical (unpaired) electrons. The zero-order valence-corrected chi connectivity index (χ0v) is 11.9. The molecule has 0 aromatic carbocycles. The van der Waals surface area contributed by atoms with Gasteiger partial charge in [0.2, 0.25) is 0 Å². The van der Waals surface area contributed by atoms with Gasteiger partial charge in [0, 0.05) is 18.1 Å². The zero-order chi connectivity index (χ0) is 14.6. The Labute approximate surface area is 110 Å². The SMILES string of the molecule is C=C/C=c1\c(=C)ccn1CCC(=O)O.CC.CC. The van der Waals surface area contributed by atoms with Crippen molar-refractivity contribution < 1.29 is 9.90 Å². The average Bonchev–Trinajstić information content (AvgIpc) is 2.74. The molecule has 0 fully saturated rings. The molecule has 0 atom stereocenters. The Morgan fingerprint density at radius 2 is 1.94 bits per heavy atom. The summed E-state index contributed by atoms with van der Waals surface area (Å²) in [5, 5.41) is 10.3. The van der Waals surface area contributed by atoms with Crippen molar-refractivity contribution in [2.45, 2.75) is 40.7 Å². The van der Waals surface area contributed by atoms with E-state index in [2.05, 4.69) is 13.2 Å². The molecule has 18 heavy (non-hydrogen) atoms. The van der Waals surface area contributed by atoms with Gasteiger partial charge < -0.3 is 9.67 Å². The number of allylic oxidation sites excluding steroid dienone is 1. The number of rotatable bonds is 4. The van der Waals surface area contributed by atoms with Crippen molar-refractivity contribution in [3.63, 3.8) is 0 Å². The van der Waals surface area contributed by atoms with Crippen LogP contribution in [0, 0.1) is 0 Å². The van der Waals surface area contributed by atoms with Crippen LogP contribution in [0.25, 0.3) is 12.7 Å². The predicted octanol–water partition coefficient (Wildman–Crippen LogP) is 2.39. The Morgan fingerprint density at radius 3 is 2.39 bits per heavy atom. The van der Waals surface area contributed by atoms with E-state index in [-0.39, 0.29) is 6.42 Å². The van der Waals surface area contributed by atoms with Crippen LogP contribution in [0.15, 0.2) is 24.9 Å². The van der Waals surface area contributed by atoms with Crippen molar-refractivity contribution in [2.75, 3.05) is 0 Å². The van der Waals surface area contributed by atoms with E-state index >= 15 is 0 Å². The first-order valence-electron chi connectivity index (χ1n) is 6.34.